The summed E-state index contributed by atoms with van der Waals surface area (Å²) in [5.74, 6) is -0.451. The Bertz CT molecular complexity index is 1620. The molecule has 216 valence electrons. The van der Waals surface area contributed by atoms with E-state index in [4.69, 9.17) is 5.26 Å². The Hall–Kier alpha value is -4.30. The second-order valence-electron chi connectivity index (χ2n) is 10.5. The lowest BCUT2D eigenvalue weighted by Crippen LogP contribution is -2.60. The van der Waals surface area contributed by atoms with Gasteiger partial charge in [0.2, 0.25) is 15.9 Å². The molecular weight excluding hydrogens is 548 g/mol. The van der Waals surface area contributed by atoms with E-state index in [1.165, 1.54) is 4.31 Å². The third-order valence-electron chi connectivity index (χ3n) is 7.43. The molecule has 42 heavy (non-hydrogen) atoms. The van der Waals surface area contributed by atoms with Crippen LogP contribution in [0, 0.1) is 11.3 Å². The van der Waals surface area contributed by atoms with Crippen LogP contribution in [0.4, 0.5) is 0 Å². The van der Waals surface area contributed by atoms with Gasteiger partial charge >= 0.3 is 0 Å². The fourth-order valence-electron chi connectivity index (χ4n) is 5.23. The Kier molecular flexibility index (Phi) is 9.44. The van der Waals surface area contributed by atoms with Crippen LogP contribution in [0.25, 0.3) is 0 Å². The van der Waals surface area contributed by atoms with Crippen molar-refractivity contribution in [2.24, 2.45) is 0 Å². The third kappa shape index (κ3) is 7.50. The largest absolute Gasteiger partial charge is 0.354 e. The predicted octanol–water partition coefficient (Wildman–Crippen LogP) is 3.18. The number of aromatic nitrogens is 2. The molecule has 0 aliphatic carbocycles. The molecule has 1 aliphatic heterocycles. The lowest BCUT2D eigenvalue weighted by Gasteiger charge is -2.39. The van der Waals surface area contributed by atoms with Crippen molar-refractivity contribution in [2.75, 3.05) is 26.2 Å². The molecule has 10 heteroatoms. The molecular formula is C32H34N6O3S. The minimum atomic E-state index is -3.73. The molecule has 0 spiro atoms. The monoisotopic (exact) mass is 582 g/mol. The minimum absolute atomic E-state index is 0.148. The molecule has 1 unspecified atom stereocenters. The maximum absolute atomic E-state index is 13.6. The summed E-state index contributed by atoms with van der Waals surface area (Å²) in [6.07, 6.45) is 4.06. The highest BCUT2D eigenvalue weighted by atomic mass is 32.2. The maximum Gasteiger partial charge on any atom is 0.239 e. The summed E-state index contributed by atoms with van der Waals surface area (Å²) in [4.78, 5) is 20.0. The van der Waals surface area contributed by atoms with E-state index in [2.05, 4.69) is 21.3 Å². The molecule has 1 atom stereocenters. The number of carbonyl (C=O) groups is 1. The van der Waals surface area contributed by atoms with Crippen LogP contribution in [0.1, 0.15) is 27.9 Å². The SMILES string of the molecule is N#Cc1ccc(Cn2cncc2CCNC(=O)C2CN(Cc3ccccc3)CCN2S(=O)(=O)Cc2ccccc2)cc1. The lowest BCUT2D eigenvalue weighted by molar-refractivity contribution is -0.126. The first-order chi connectivity index (χ1) is 20.4. The summed E-state index contributed by atoms with van der Waals surface area (Å²) in [6.45, 7) is 2.69. The summed E-state index contributed by atoms with van der Waals surface area (Å²) < 4.78 is 30.5. The lowest BCUT2D eigenvalue weighted by atomic mass is 10.1. The number of sulfonamides is 1. The molecule has 1 aromatic heterocycles. The van der Waals surface area contributed by atoms with Gasteiger partial charge < -0.3 is 9.88 Å². The zero-order valence-electron chi connectivity index (χ0n) is 23.3. The molecule has 3 aromatic carbocycles. The summed E-state index contributed by atoms with van der Waals surface area (Å²) in [6, 6.07) is 27.8. The van der Waals surface area contributed by atoms with Gasteiger partial charge in [-0.3, -0.25) is 9.69 Å². The Morgan fingerprint density at radius 3 is 2.26 bits per heavy atom. The fraction of sp³-hybridized carbons (Fsp3) is 0.281. The Balaban J connectivity index is 1.25. The number of rotatable bonds is 11. The van der Waals surface area contributed by atoms with Crippen LogP contribution >= 0.6 is 0 Å². The zero-order chi connectivity index (χ0) is 29.4. The molecule has 1 N–H and O–H groups in total. The van der Waals surface area contributed by atoms with Crippen molar-refractivity contribution >= 4 is 15.9 Å². The normalized spacial score (nSPS) is 16.1. The van der Waals surface area contributed by atoms with E-state index in [1.807, 2.05) is 65.2 Å². The number of piperazine rings is 1. The molecule has 4 aromatic rings. The third-order valence-corrected chi connectivity index (χ3v) is 9.28. The minimum Gasteiger partial charge on any atom is -0.354 e. The van der Waals surface area contributed by atoms with Crippen LogP contribution < -0.4 is 5.32 Å². The average molecular weight is 583 g/mol. The number of amides is 1. The van der Waals surface area contributed by atoms with Gasteiger partial charge in [0.25, 0.3) is 0 Å². The van der Waals surface area contributed by atoms with Crippen molar-refractivity contribution in [3.05, 3.63) is 125 Å². The number of nitriles is 1. The predicted molar refractivity (Wildman–Crippen MR) is 160 cm³/mol. The van der Waals surface area contributed by atoms with Gasteiger partial charge in [0.15, 0.2) is 0 Å². The van der Waals surface area contributed by atoms with Gasteiger partial charge in [0.05, 0.1) is 23.7 Å². The molecule has 9 nitrogen and oxygen atoms in total. The molecule has 1 aliphatic rings. The van der Waals surface area contributed by atoms with Gasteiger partial charge in [-0.05, 0) is 28.8 Å². The van der Waals surface area contributed by atoms with E-state index < -0.39 is 16.1 Å². The van der Waals surface area contributed by atoms with Gasteiger partial charge in [0, 0.05) is 57.6 Å². The molecule has 1 amide bonds. The summed E-state index contributed by atoms with van der Waals surface area (Å²) >= 11 is 0. The molecule has 0 radical (unpaired) electrons. The fourth-order valence-corrected chi connectivity index (χ4v) is 6.92. The molecule has 0 saturated carbocycles. The number of hydrogen-bond acceptors (Lipinski definition) is 6. The zero-order valence-corrected chi connectivity index (χ0v) is 24.2. The average Bonchev–Trinajstić information content (AvgIpc) is 3.44. The number of nitrogens with one attached hydrogen (secondary N) is 1. The van der Waals surface area contributed by atoms with E-state index in [-0.39, 0.29) is 18.2 Å². The topological polar surface area (TPSA) is 111 Å². The van der Waals surface area contributed by atoms with Crippen LogP contribution in [0.15, 0.2) is 97.5 Å². The maximum atomic E-state index is 13.6. The van der Waals surface area contributed by atoms with E-state index in [0.717, 1.165) is 16.8 Å². The Morgan fingerprint density at radius 2 is 1.57 bits per heavy atom. The van der Waals surface area contributed by atoms with Crippen LogP contribution in [-0.4, -0.2) is 65.3 Å². The van der Waals surface area contributed by atoms with E-state index in [9.17, 15) is 13.2 Å². The first kappa shape index (κ1) is 29.2. The standard InChI is InChI=1S/C32H34N6O3S/c33-19-26-11-13-28(14-12-26)22-37-25-34-20-30(37)15-16-35-32(39)31-23-36(21-27-7-3-1-4-8-27)17-18-38(31)42(40,41)24-29-9-5-2-6-10-29/h1-14,20,25,31H,15-18,21-24H2,(H,35,39). The van der Waals surface area contributed by atoms with Gasteiger partial charge in [-0.2, -0.15) is 9.57 Å². The number of carbonyl (C=O) groups excluding carboxylic acids is 1. The van der Waals surface area contributed by atoms with E-state index in [0.29, 0.717) is 50.3 Å². The highest BCUT2D eigenvalue weighted by Gasteiger charge is 2.39. The number of benzene rings is 3. The molecule has 2 heterocycles. The Labute approximate surface area is 247 Å². The second-order valence-corrected chi connectivity index (χ2v) is 12.4. The second kappa shape index (κ2) is 13.6. The Morgan fingerprint density at radius 1 is 0.905 bits per heavy atom. The number of hydrogen-bond donors (Lipinski definition) is 1. The van der Waals surface area contributed by atoms with Crippen LogP contribution in [0.2, 0.25) is 0 Å². The molecule has 5 rings (SSSR count). The van der Waals surface area contributed by atoms with Gasteiger partial charge in [-0.15, -0.1) is 0 Å². The summed E-state index contributed by atoms with van der Waals surface area (Å²) in [7, 11) is -3.73. The van der Waals surface area contributed by atoms with Crippen molar-refractivity contribution in [3.63, 3.8) is 0 Å². The van der Waals surface area contributed by atoms with Crippen LogP contribution in [0.5, 0.6) is 0 Å². The highest BCUT2D eigenvalue weighted by Crippen LogP contribution is 2.20. The van der Waals surface area contributed by atoms with E-state index in [1.54, 1.807) is 36.8 Å². The summed E-state index contributed by atoms with van der Waals surface area (Å²) in [5.41, 5.74) is 4.41. The molecule has 1 fully saturated rings. The van der Waals surface area contributed by atoms with Crippen LogP contribution in [-0.2, 0) is 40.1 Å². The van der Waals surface area contributed by atoms with Crippen molar-refractivity contribution in [3.8, 4) is 6.07 Å². The van der Waals surface area contributed by atoms with Crippen molar-refractivity contribution < 1.29 is 13.2 Å². The van der Waals surface area contributed by atoms with Crippen LogP contribution in [0.3, 0.4) is 0 Å². The molecule has 0 bridgehead atoms. The van der Waals surface area contributed by atoms with Crippen molar-refractivity contribution in [1.29, 1.82) is 5.26 Å². The van der Waals surface area contributed by atoms with Gasteiger partial charge in [0.1, 0.15) is 6.04 Å². The molecule has 1 saturated heterocycles. The number of nitrogens with zero attached hydrogens (tertiary/aromatic N) is 5. The van der Waals surface area contributed by atoms with Gasteiger partial charge in [-0.25, -0.2) is 13.4 Å². The first-order valence-electron chi connectivity index (χ1n) is 14.0. The smallest absolute Gasteiger partial charge is 0.239 e. The number of imidazole rings is 1. The summed E-state index contributed by atoms with van der Waals surface area (Å²) in [5, 5.41) is 12.0. The van der Waals surface area contributed by atoms with Gasteiger partial charge in [-0.1, -0.05) is 72.8 Å². The quantitative estimate of drug-likeness (QED) is 0.291. The highest BCUT2D eigenvalue weighted by molar-refractivity contribution is 7.88. The first-order valence-corrected chi connectivity index (χ1v) is 15.6. The van der Waals surface area contributed by atoms with Crippen molar-refractivity contribution in [2.45, 2.75) is 31.3 Å². The van der Waals surface area contributed by atoms with E-state index >= 15 is 0 Å². The van der Waals surface area contributed by atoms with Crippen molar-refractivity contribution in [1.82, 2.24) is 24.1 Å².